The van der Waals surface area contributed by atoms with E-state index in [0.29, 0.717) is 31.2 Å². The number of pyridine rings is 1. The molecular weight excluding hydrogens is 385 g/mol. The first-order valence-corrected chi connectivity index (χ1v) is 9.81. The van der Waals surface area contributed by atoms with Crippen molar-refractivity contribution < 1.29 is 13.9 Å². The number of halogens is 1. The van der Waals surface area contributed by atoms with Gasteiger partial charge in [-0.1, -0.05) is 6.08 Å². The molecule has 156 valence electrons. The third kappa shape index (κ3) is 3.85. The Morgan fingerprint density at radius 1 is 1.40 bits per heavy atom. The highest BCUT2D eigenvalue weighted by molar-refractivity contribution is 5.88. The summed E-state index contributed by atoms with van der Waals surface area (Å²) in [4.78, 5) is 17.8. The van der Waals surface area contributed by atoms with Gasteiger partial charge in [0.25, 0.3) is 0 Å². The van der Waals surface area contributed by atoms with Crippen LogP contribution in [0.1, 0.15) is 30.7 Å². The molecule has 7 nitrogen and oxygen atoms in total. The van der Waals surface area contributed by atoms with Gasteiger partial charge in [0.05, 0.1) is 31.6 Å². The Kier molecular flexibility index (Phi) is 5.39. The molecule has 0 radical (unpaired) electrons. The average Bonchev–Trinajstić information content (AvgIpc) is 3.12. The first kappa shape index (κ1) is 19.9. The smallest absolute Gasteiger partial charge is 0.222 e. The fourth-order valence-corrected chi connectivity index (χ4v) is 3.89. The Morgan fingerprint density at radius 3 is 2.93 bits per heavy atom. The van der Waals surface area contributed by atoms with Crippen molar-refractivity contribution >= 4 is 11.7 Å². The predicted molar refractivity (Wildman–Crippen MR) is 112 cm³/mol. The fraction of sp³-hybridized carbons (Fsp3) is 0.318. The molecule has 0 saturated heterocycles. The van der Waals surface area contributed by atoms with E-state index in [2.05, 4.69) is 21.8 Å². The third-order valence-corrected chi connectivity index (χ3v) is 5.35. The second-order valence-corrected chi connectivity index (χ2v) is 7.35. The zero-order chi connectivity index (χ0) is 21.3. The van der Waals surface area contributed by atoms with Gasteiger partial charge in [0, 0.05) is 31.1 Å². The lowest BCUT2D eigenvalue weighted by atomic mass is 9.90. The van der Waals surface area contributed by atoms with Crippen molar-refractivity contribution in [3.8, 4) is 11.1 Å². The van der Waals surface area contributed by atoms with Gasteiger partial charge in [-0.3, -0.25) is 9.48 Å². The number of hydrogen-bond donors (Lipinski definition) is 1. The van der Waals surface area contributed by atoms with Gasteiger partial charge in [0.1, 0.15) is 11.6 Å². The molecule has 0 spiro atoms. The van der Waals surface area contributed by atoms with Crippen LogP contribution in [0.2, 0.25) is 0 Å². The molecule has 0 bridgehead atoms. The van der Waals surface area contributed by atoms with E-state index in [9.17, 15) is 9.18 Å². The zero-order valence-electron chi connectivity index (χ0n) is 17.1. The van der Waals surface area contributed by atoms with E-state index in [1.165, 1.54) is 13.0 Å². The number of anilines is 1. The molecular formula is C22H24FN5O2. The molecule has 2 aromatic rings. The zero-order valence-corrected chi connectivity index (χ0v) is 17.1. The number of hydrogen-bond acceptors (Lipinski definition) is 5. The number of amides is 1. The van der Waals surface area contributed by atoms with Crippen LogP contribution >= 0.6 is 0 Å². The Labute approximate surface area is 174 Å². The van der Waals surface area contributed by atoms with Crippen LogP contribution in [-0.2, 0) is 22.6 Å². The molecule has 4 rings (SSSR count). The van der Waals surface area contributed by atoms with E-state index < -0.39 is 0 Å². The molecule has 30 heavy (non-hydrogen) atoms. The first-order valence-electron chi connectivity index (χ1n) is 9.81. The lowest BCUT2D eigenvalue weighted by Crippen LogP contribution is -2.33. The van der Waals surface area contributed by atoms with Crippen molar-refractivity contribution in [2.45, 2.75) is 32.4 Å². The largest absolute Gasteiger partial charge is 0.483 e. The summed E-state index contributed by atoms with van der Waals surface area (Å²) in [5, 5.41) is 7.63. The Bertz CT molecular complexity index is 1060. The molecule has 1 aliphatic heterocycles. The number of allylic oxidation sites excluding steroid dienone is 4. The second-order valence-electron chi connectivity index (χ2n) is 7.35. The van der Waals surface area contributed by atoms with E-state index in [1.54, 1.807) is 19.4 Å². The summed E-state index contributed by atoms with van der Waals surface area (Å²) in [6.45, 7) is 7.45. The fourth-order valence-electron chi connectivity index (χ4n) is 3.89. The molecule has 1 N–H and O–H groups in total. The van der Waals surface area contributed by atoms with Gasteiger partial charge >= 0.3 is 0 Å². The maximum atomic E-state index is 13.5. The van der Waals surface area contributed by atoms with Crippen LogP contribution in [0.3, 0.4) is 0 Å². The summed E-state index contributed by atoms with van der Waals surface area (Å²) in [7, 11) is 1.61. The van der Waals surface area contributed by atoms with Crippen LogP contribution in [0.15, 0.2) is 54.8 Å². The van der Waals surface area contributed by atoms with Crippen molar-refractivity contribution in [1.29, 1.82) is 0 Å². The van der Waals surface area contributed by atoms with Crippen LogP contribution in [0.5, 0.6) is 0 Å². The van der Waals surface area contributed by atoms with E-state index in [4.69, 9.17) is 9.84 Å². The Hall–Kier alpha value is -3.42. The van der Waals surface area contributed by atoms with Gasteiger partial charge in [-0.2, -0.15) is 5.10 Å². The Morgan fingerprint density at radius 2 is 2.23 bits per heavy atom. The number of nitrogens with zero attached hydrogens (tertiary/aromatic N) is 4. The first-order chi connectivity index (χ1) is 14.5. The number of carbonyl (C=O) groups excluding carboxylic acids is 1. The third-order valence-electron chi connectivity index (χ3n) is 5.35. The molecule has 2 aromatic heterocycles. The van der Waals surface area contributed by atoms with Crippen LogP contribution in [-0.4, -0.2) is 39.2 Å². The van der Waals surface area contributed by atoms with Crippen molar-refractivity contribution in [1.82, 2.24) is 19.7 Å². The van der Waals surface area contributed by atoms with E-state index in [0.717, 1.165) is 29.1 Å². The summed E-state index contributed by atoms with van der Waals surface area (Å²) >= 11 is 0. The molecule has 3 heterocycles. The summed E-state index contributed by atoms with van der Waals surface area (Å²) < 4.78 is 20.9. The highest BCUT2D eigenvalue weighted by atomic mass is 19.1. The average molecular weight is 409 g/mol. The highest BCUT2D eigenvalue weighted by Crippen LogP contribution is 2.38. The van der Waals surface area contributed by atoms with Crippen LogP contribution in [0, 0.1) is 0 Å². The minimum Gasteiger partial charge on any atom is -0.483 e. The van der Waals surface area contributed by atoms with Gasteiger partial charge in [-0.15, -0.1) is 0 Å². The van der Waals surface area contributed by atoms with E-state index >= 15 is 0 Å². The maximum absolute atomic E-state index is 13.5. The van der Waals surface area contributed by atoms with Gasteiger partial charge in [0.2, 0.25) is 5.91 Å². The topological polar surface area (TPSA) is 72.3 Å². The normalized spacial score (nSPS) is 17.9. The highest BCUT2D eigenvalue weighted by Gasteiger charge is 2.29. The van der Waals surface area contributed by atoms with Crippen molar-refractivity contribution in [3.05, 3.63) is 66.2 Å². The van der Waals surface area contributed by atoms with E-state index in [1.807, 2.05) is 22.9 Å². The monoisotopic (exact) mass is 409 g/mol. The number of ether oxygens (including phenoxy) is 1. The minimum absolute atomic E-state index is 0.0333. The molecule has 8 heteroatoms. The lowest BCUT2D eigenvalue weighted by molar-refractivity contribution is -0.114. The van der Waals surface area contributed by atoms with Crippen LogP contribution in [0.4, 0.5) is 10.2 Å². The number of methoxy groups -OCH3 is 1. The molecule has 1 atom stereocenters. The number of carbonyl (C=O) groups is 1. The van der Waals surface area contributed by atoms with Crippen molar-refractivity contribution in [2.75, 3.05) is 19.0 Å². The summed E-state index contributed by atoms with van der Waals surface area (Å²) in [6, 6.07) is 3.75. The van der Waals surface area contributed by atoms with Gasteiger partial charge in [-0.25, -0.2) is 9.37 Å². The number of rotatable bonds is 5. The number of fused-ring (bicyclic) bond motifs is 1. The molecule has 2 aliphatic rings. The minimum atomic E-state index is -0.226. The van der Waals surface area contributed by atoms with E-state index in [-0.39, 0.29) is 17.7 Å². The van der Waals surface area contributed by atoms with Gasteiger partial charge < -0.3 is 15.0 Å². The van der Waals surface area contributed by atoms with Gasteiger partial charge in [0.15, 0.2) is 5.88 Å². The molecule has 1 unspecified atom stereocenters. The standard InChI is InChI=1S/C22H24FN5O2/c1-14(29)25-20-12-17(8-9-24-20)21-19-13-27(15(2)30-3)10-11-28(19)26-22(21)16-4-6-18(23)7-5-16/h4,6-9,12,16H,2,5,10-11,13H2,1,3H3,(H,24,25,29). The summed E-state index contributed by atoms with van der Waals surface area (Å²) in [5.41, 5.74) is 3.79. The van der Waals surface area contributed by atoms with Crippen molar-refractivity contribution in [3.63, 3.8) is 0 Å². The summed E-state index contributed by atoms with van der Waals surface area (Å²) in [6.07, 6.45) is 7.14. The molecule has 1 amide bonds. The predicted octanol–water partition coefficient (Wildman–Crippen LogP) is 3.73. The van der Waals surface area contributed by atoms with Crippen LogP contribution < -0.4 is 5.32 Å². The maximum Gasteiger partial charge on any atom is 0.222 e. The second kappa shape index (κ2) is 8.14. The Balaban J connectivity index is 1.81. The SMILES string of the molecule is C=C(OC)N1CCn2nc(C3C=CC(F)=CC3)c(-c3ccnc(NC(C)=O)c3)c2C1. The van der Waals surface area contributed by atoms with Crippen LogP contribution in [0.25, 0.3) is 11.1 Å². The summed E-state index contributed by atoms with van der Waals surface area (Å²) in [5.74, 6) is 0.636. The molecule has 0 fully saturated rings. The lowest BCUT2D eigenvalue weighted by Gasteiger charge is -2.30. The number of aromatic nitrogens is 3. The van der Waals surface area contributed by atoms with Gasteiger partial charge in [-0.05, 0) is 42.8 Å². The molecule has 0 aromatic carbocycles. The van der Waals surface area contributed by atoms with Crippen molar-refractivity contribution in [2.24, 2.45) is 0 Å². The molecule has 0 saturated carbocycles. The quantitative estimate of drug-likeness (QED) is 0.762. The molecule has 1 aliphatic carbocycles. The number of nitrogens with one attached hydrogen (secondary N) is 1.